The van der Waals surface area contributed by atoms with E-state index in [-0.39, 0.29) is 12.1 Å². The molecule has 8 heteroatoms. The van der Waals surface area contributed by atoms with Crippen LogP contribution in [0.4, 0.5) is 13.2 Å². The molecule has 1 atom stereocenters. The molecule has 1 saturated heterocycles. The molecular formula is C14H14F3NO4. The van der Waals surface area contributed by atoms with Gasteiger partial charge in [-0.15, -0.1) is 13.2 Å². The molecule has 22 heavy (non-hydrogen) atoms. The van der Waals surface area contributed by atoms with Crippen LogP contribution in [0.25, 0.3) is 0 Å². The van der Waals surface area contributed by atoms with E-state index < -0.39 is 29.9 Å². The predicted molar refractivity (Wildman–Crippen MR) is 69.4 cm³/mol. The normalized spacial score (nSPS) is 18.9. The summed E-state index contributed by atoms with van der Waals surface area (Å²) in [5, 5.41) is 9.00. The average Bonchev–Trinajstić information content (AvgIpc) is 2.45. The number of carbonyl (C=O) groups excluding carboxylic acids is 1. The standard InChI is InChI=1S/C14H14F3NO4/c15-14(16,17)22-11-6-2-1-5-10(11)12(19)18-7-3-4-9(8-18)13(20)21/h1-2,5-6,9H,3-4,7-8H2,(H,20,21). The molecule has 0 saturated carbocycles. The number of rotatable bonds is 3. The van der Waals surface area contributed by atoms with Crippen LogP contribution < -0.4 is 4.74 Å². The van der Waals surface area contributed by atoms with Crippen LogP contribution in [0.5, 0.6) is 5.75 Å². The highest BCUT2D eigenvalue weighted by Crippen LogP contribution is 2.28. The Kier molecular flexibility index (Phi) is 4.58. The molecule has 0 radical (unpaired) electrons. The Morgan fingerprint density at radius 2 is 1.95 bits per heavy atom. The van der Waals surface area contributed by atoms with Crippen molar-refractivity contribution in [2.24, 2.45) is 5.92 Å². The number of para-hydroxylation sites is 1. The van der Waals surface area contributed by atoms with Gasteiger partial charge in [-0.3, -0.25) is 9.59 Å². The topological polar surface area (TPSA) is 66.8 Å². The maximum atomic E-state index is 12.4. The van der Waals surface area contributed by atoms with Crippen molar-refractivity contribution in [1.82, 2.24) is 4.90 Å². The Morgan fingerprint density at radius 3 is 2.59 bits per heavy atom. The number of amides is 1. The Balaban J connectivity index is 2.20. The first-order valence-corrected chi connectivity index (χ1v) is 6.65. The van der Waals surface area contributed by atoms with Crippen LogP contribution in [-0.4, -0.2) is 41.3 Å². The number of benzene rings is 1. The fourth-order valence-electron chi connectivity index (χ4n) is 2.39. The number of hydrogen-bond donors (Lipinski definition) is 1. The summed E-state index contributed by atoms with van der Waals surface area (Å²) >= 11 is 0. The summed E-state index contributed by atoms with van der Waals surface area (Å²) in [6.07, 6.45) is -3.97. The Morgan fingerprint density at radius 1 is 1.27 bits per heavy atom. The minimum absolute atomic E-state index is 0.0193. The van der Waals surface area contributed by atoms with Crippen LogP contribution in [0.15, 0.2) is 24.3 Å². The lowest BCUT2D eigenvalue weighted by molar-refractivity contribution is -0.274. The molecule has 2 rings (SSSR count). The van der Waals surface area contributed by atoms with E-state index in [4.69, 9.17) is 5.11 Å². The molecule has 1 aromatic carbocycles. The third-order valence-corrected chi connectivity index (χ3v) is 3.40. The summed E-state index contributed by atoms with van der Waals surface area (Å²) in [5.41, 5.74) is -0.231. The molecule has 0 bridgehead atoms. The molecule has 1 aromatic rings. The second-order valence-corrected chi connectivity index (χ2v) is 4.97. The summed E-state index contributed by atoms with van der Waals surface area (Å²) in [6.45, 7) is 0.289. The summed E-state index contributed by atoms with van der Waals surface area (Å²) < 4.78 is 41.0. The summed E-state index contributed by atoms with van der Waals surface area (Å²) in [5.74, 6) is -2.96. The van der Waals surface area contributed by atoms with Gasteiger partial charge in [0.2, 0.25) is 0 Å². The van der Waals surface area contributed by atoms with Crippen molar-refractivity contribution in [3.63, 3.8) is 0 Å². The van der Waals surface area contributed by atoms with Crippen LogP contribution >= 0.6 is 0 Å². The number of carboxylic acid groups (broad SMARTS) is 1. The van der Waals surface area contributed by atoms with Crippen molar-refractivity contribution in [3.05, 3.63) is 29.8 Å². The number of carboxylic acids is 1. The number of nitrogens with zero attached hydrogens (tertiary/aromatic N) is 1. The van der Waals surface area contributed by atoms with Crippen LogP contribution in [0.2, 0.25) is 0 Å². The number of alkyl halides is 3. The fraction of sp³-hybridized carbons (Fsp3) is 0.429. The van der Waals surface area contributed by atoms with E-state index in [2.05, 4.69) is 4.74 Å². The zero-order chi connectivity index (χ0) is 16.3. The molecule has 1 aliphatic heterocycles. The number of ether oxygens (including phenoxy) is 1. The van der Waals surface area contributed by atoms with Gasteiger partial charge >= 0.3 is 12.3 Å². The molecule has 1 heterocycles. The summed E-state index contributed by atoms with van der Waals surface area (Å²) in [6, 6.07) is 5.04. The lowest BCUT2D eigenvalue weighted by atomic mass is 9.97. The van der Waals surface area contributed by atoms with Gasteiger partial charge in [-0.1, -0.05) is 12.1 Å². The van der Waals surface area contributed by atoms with E-state index in [1.165, 1.54) is 23.1 Å². The van der Waals surface area contributed by atoms with E-state index in [0.29, 0.717) is 19.4 Å². The molecule has 0 spiro atoms. The smallest absolute Gasteiger partial charge is 0.481 e. The van der Waals surface area contributed by atoms with Crippen molar-refractivity contribution in [2.45, 2.75) is 19.2 Å². The largest absolute Gasteiger partial charge is 0.573 e. The Labute approximate surface area is 124 Å². The van der Waals surface area contributed by atoms with Gasteiger partial charge in [0, 0.05) is 13.1 Å². The van der Waals surface area contributed by atoms with Crippen molar-refractivity contribution >= 4 is 11.9 Å². The van der Waals surface area contributed by atoms with E-state index in [1.807, 2.05) is 0 Å². The highest BCUT2D eigenvalue weighted by atomic mass is 19.4. The number of hydrogen-bond acceptors (Lipinski definition) is 3. The van der Waals surface area contributed by atoms with Crippen LogP contribution in [0, 0.1) is 5.92 Å². The molecular weight excluding hydrogens is 303 g/mol. The first-order chi connectivity index (χ1) is 10.3. The molecule has 120 valence electrons. The van der Waals surface area contributed by atoms with Gasteiger partial charge < -0.3 is 14.7 Å². The minimum atomic E-state index is -4.90. The Bertz CT molecular complexity index is 573. The molecule has 1 aliphatic rings. The number of halogens is 3. The van der Waals surface area contributed by atoms with Gasteiger partial charge in [-0.2, -0.15) is 0 Å². The number of piperidine rings is 1. The number of likely N-dealkylation sites (tertiary alicyclic amines) is 1. The first kappa shape index (κ1) is 16.1. The predicted octanol–water partition coefficient (Wildman–Crippen LogP) is 2.52. The van der Waals surface area contributed by atoms with Crippen LogP contribution in [0.3, 0.4) is 0 Å². The monoisotopic (exact) mass is 317 g/mol. The molecule has 1 amide bonds. The van der Waals surface area contributed by atoms with Crippen LogP contribution in [0.1, 0.15) is 23.2 Å². The van der Waals surface area contributed by atoms with Crippen molar-refractivity contribution in [2.75, 3.05) is 13.1 Å². The summed E-state index contributed by atoms with van der Waals surface area (Å²) in [7, 11) is 0. The van der Waals surface area contributed by atoms with Gasteiger partial charge in [0.15, 0.2) is 0 Å². The lowest BCUT2D eigenvalue weighted by Crippen LogP contribution is -2.42. The Hall–Kier alpha value is -2.25. The zero-order valence-corrected chi connectivity index (χ0v) is 11.5. The highest BCUT2D eigenvalue weighted by molar-refractivity contribution is 5.97. The van der Waals surface area contributed by atoms with Gasteiger partial charge in [0.05, 0.1) is 11.5 Å². The van der Waals surface area contributed by atoms with E-state index >= 15 is 0 Å². The quantitative estimate of drug-likeness (QED) is 0.930. The molecule has 1 N–H and O–H groups in total. The SMILES string of the molecule is O=C(O)C1CCCN(C(=O)c2ccccc2OC(F)(F)F)C1. The minimum Gasteiger partial charge on any atom is -0.481 e. The average molecular weight is 317 g/mol. The second kappa shape index (κ2) is 6.25. The van der Waals surface area contributed by atoms with Gasteiger partial charge in [-0.25, -0.2) is 0 Å². The molecule has 0 aliphatic carbocycles. The van der Waals surface area contributed by atoms with E-state index in [1.54, 1.807) is 0 Å². The molecule has 1 fully saturated rings. The highest BCUT2D eigenvalue weighted by Gasteiger charge is 2.34. The number of aliphatic carboxylic acids is 1. The van der Waals surface area contributed by atoms with Gasteiger partial charge in [-0.05, 0) is 25.0 Å². The second-order valence-electron chi connectivity index (χ2n) is 4.97. The van der Waals surface area contributed by atoms with Crippen molar-refractivity contribution in [3.8, 4) is 5.75 Å². The fourth-order valence-corrected chi connectivity index (χ4v) is 2.39. The van der Waals surface area contributed by atoms with Gasteiger partial charge in [0.25, 0.3) is 5.91 Å². The maximum absolute atomic E-state index is 12.4. The summed E-state index contributed by atoms with van der Waals surface area (Å²) in [4.78, 5) is 24.6. The maximum Gasteiger partial charge on any atom is 0.573 e. The van der Waals surface area contributed by atoms with Crippen molar-refractivity contribution in [1.29, 1.82) is 0 Å². The first-order valence-electron chi connectivity index (χ1n) is 6.65. The number of carbonyl (C=O) groups is 2. The third-order valence-electron chi connectivity index (χ3n) is 3.40. The molecule has 0 aromatic heterocycles. The van der Waals surface area contributed by atoms with E-state index in [9.17, 15) is 22.8 Å². The van der Waals surface area contributed by atoms with Crippen molar-refractivity contribution < 1.29 is 32.6 Å². The molecule has 1 unspecified atom stereocenters. The zero-order valence-electron chi connectivity index (χ0n) is 11.5. The molecule has 5 nitrogen and oxygen atoms in total. The van der Waals surface area contributed by atoms with Crippen LogP contribution in [-0.2, 0) is 4.79 Å². The van der Waals surface area contributed by atoms with Gasteiger partial charge in [0.1, 0.15) is 5.75 Å². The third kappa shape index (κ3) is 3.90. The van der Waals surface area contributed by atoms with E-state index in [0.717, 1.165) is 6.07 Å². The lowest BCUT2D eigenvalue weighted by Gasteiger charge is -2.31.